The number of aliphatic hydroxyl groups is 1. The second-order valence-electron chi connectivity index (χ2n) is 3.34. The molecule has 1 aromatic carbocycles. The lowest BCUT2D eigenvalue weighted by atomic mass is 10.0. The Hall–Kier alpha value is -1.17. The van der Waals surface area contributed by atoms with Crippen LogP contribution in [0.1, 0.15) is 17.2 Å². The predicted molar refractivity (Wildman–Crippen MR) is 50.7 cm³/mol. The van der Waals surface area contributed by atoms with Gasteiger partial charge in [0.05, 0.1) is 24.8 Å². The van der Waals surface area contributed by atoms with Crippen LogP contribution in [0.3, 0.4) is 0 Å². The summed E-state index contributed by atoms with van der Waals surface area (Å²) in [6.07, 6.45) is 0. The minimum atomic E-state index is -0.558. The van der Waals surface area contributed by atoms with Crippen molar-refractivity contribution in [2.24, 2.45) is 5.73 Å². The van der Waals surface area contributed by atoms with Crippen LogP contribution in [-0.2, 0) is 11.3 Å². The van der Waals surface area contributed by atoms with Crippen LogP contribution in [0.15, 0.2) is 12.1 Å². The Bertz CT molecular complexity index is 370. The predicted octanol–water partition coefficient (Wildman–Crippen LogP) is 0.684. The van der Waals surface area contributed by atoms with Crippen LogP contribution in [0.2, 0.25) is 0 Å². The van der Waals surface area contributed by atoms with Crippen molar-refractivity contribution in [3.05, 3.63) is 29.1 Å². The van der Waals surface area contributed by atoms with Gasteiger partial charge in [-0.25, -0.2) is 4.39 Å². The largest absolute Gasteiger partial charge is 0.467 e. The van der Waals surface area contributed by atoms with Crippen LogP contribution in [0.4, 0.5) is 4.39 Å². The zero-order chi connectivity index (χ0) is 10.8. The number of hydrogen-bond acceptors (Lipinski definition) is 4. The second-order valence-corrected chi connectivity index (χ2v) is 3.34. The molecule has 1 aromatic rings. The molecular weight excluding hydrogens is 201 g/mol. The average Bonchev–Trinajstić information content (AvgIpc) is 2.29. The van der Waals surface area contributed by atoms with E-state index in [9.17, 15) is 4.39 Å². The van der Waals surface area contributed by atoms with Crippen molar-refractivity contribution in [1.82, 2.24) is 0 Å². The van der Waals surface area contributed by atoms with Gasteiger partial charge in [0.1, 0.15) is 11.6 Å². The summed E-state index contributed by atoms with van der Waals surface area (Å²) in [7, 11) is 0. The molecule has 4 nitrogen and oxygen atoms in total. The molecule has 1 atom stereocenters. The summed E-state index contributed by atoms with van der Waals surface area (Å²) in [6.45, 7) is 0.0526. The molecule has 0 saturated carbocycles. The summed E-state index contributed by atoms with van der Waals surface area (Å²) in [5.41, 5.74) is 6.65. The van der Waals surface area contributed by atoms with Gasteiger partial charge in [-0.2, -0.15) is 0 Å². The fourth-order valence-corrected chi connectivity index (χ4v) is 1.56. The summed E-state index contributed by atoms with van der Waals surface area (Å²) in [6, 6.07) is 2.28. The third-order valence-electron chi connectivity index (χ3n) is 2.36. The van der Waals surface area contributed by atoms with Crippen molar-refractivity contribution in [2.75, 3.05) is 13.4 Å². The highest BCUT2D eigenvalue weighted by molar-refractivity contribution is 5.44. The SMILES string of the molecule is NC(CO)c1ccc(F)c2c1OCOC2. The first-order chi connectivity index (χ1) is 7.24. The number of aliphatic hydroxyl groups excluding tert-OH is 1. The Morgan fingerprint density at radius 3 is 3.07 bits per heavy atom. The van der Waals surface area contributed by atoms with Crippen LogP contribution in [0.25, 0.3) is 0 Å². The van der Waals surface area contributed by atoms with E-state index in [4.69, 9.17) is 20.3 Å². The van der Waals surface area contributed by atoms with Crippen LogP contribution in [0.5, 0.6) is 5.75 Å². The number of hydrogen-bond donors (Lipinski definition) is 2. The third-order valence-corrected chi connectivity index (χ3v) is 2.36. The molecule has 0 aliphatic carbocycles. The van der Waals surface area contributed by atoms with Crippen molar-refractivity contribution in [3.8, 4) is 5.75 Å². The van der Waals surface area contributed by atoms with E-state index >= 15 is 0 Å². The smallest absolute Gasteiger partial charge is 0.189 e. The lowest BCUT2D eigenvalue weighted by Crippen LogP contribution is -2.20. The summed E-state index contributed by atoms with van der Waals surface area (Å²) < 4.78 is 23.5. The maximum absolute atomic E-state index is 13.4. The highest BCUT2D eigenvalue weighted by Crippen LogP contribution is 2.33. The molecule has 0 radical (unpaired) electrons. The first-order valence-corrected chi connectivity index (χ1v) is 4.62. The molecular formula is C10H12FNO3. The normalized spacial score (nSPS) is 16.7. The number of rotatable bonds is 2. The molecule has 0 bridgehead atoms. The van der Waals surface area contributed by atoms with Gasteiger partial charge in [0.15, 0.2) is 6.79 Å². The van der Waals surface area contributed by atoms with Crippen molar-refractivity contribution in [3.63, 3.8) is 0 Å². The Morgan fingerprint density at radius 2 is 2.33 bits per heavy atom. The molecule has 2 rings (SSSR count). The first kappa shape index (κ1) is 10.4. The Balaban J connectivity index is 2.48. The van der Waals surface area contributed by atoms with E-state index in [0.717, 1.165) is 0 Å². The fourth-order valence-electron chi connectivity index (χ4n) is 1.56. The zero-order valence-corrected chi connectivity index (χ0v) is 8.07. The summed E-state index contributed by atoms with van der Waals surface area (Å²) >= 11 is 0. The molecule has 1 heterocycles. The Morgan fingerprint density at radius 1 is 1.53 bits per heavy atom. The van der Waals surface area contributed by atoms with E-state index in [-0.39, 0.29) is 25.8 Å². The molecule has 0 amide bonds. The van der Waals surface area contributed by atoms with Crippen LogP contribution in [-0.4, -0.2) is 18.5 Å². The molecule has 82 valence electrons. The third kappa shape index (κ3) is 1.81. The van der Waals surface area contributed by atoms with Crippen molar-refractivity contribution in [2.45, 2.75) is 12.6 Å². The molecule has 3 N–H and O–H groups in total. The second kappa shape index (κ2) is 4.14. The Kier molecular flexibility index (Phi) is 2.86. The average molecular weight is 213 g/mol. The van der Waals surface area contributed by atoms with E-state index in [0.29, 0.717) is 16.9 Å². The van der Waals surface area contributed by atoms with Crippen LogP contribution in [0, 0.1) is 5.82 Å². The van der Waals surface area contributed by atoms with Gasteiger partial charge in [-0.05, 0) is 6.07 Å². The molecule has 0 aromatic heterocycles. The highest BCUT2D eigenvalue weighted by atomic mass is 19.1. The van der Waals surface area contributed by atoms with E-state index in [1.54, 1.807) is 0 Å². The van der Waals surface area contributed by atoms with Crippen LogP contribution >= 0.6 is 0 Å². The lowest BCUT2D eigenvalue weighted by Gasteiger charge is -2.23. The lowest BCUT2D eigenvalue weighted by molar-refractivity contribution is -0.0193. The monoisotopic (exact) mass is 213 g/mol. The number of halogens is 1. The maximum Gasteiger partial charge on any atom is 0.189 e. The van der Waals surface area contributed by atoms with Gasteiger partial charge in [0, 0.05) is 5.56 Å². The molecule has 0 spiro atoms. The van der Waals surface area contributed by atoms with Gasteiger partial charge in [-0.15, -0.1) is 0 Å². The molecule has 5 heteroatoms. The standard InChI is InChI=1S/C10H12FNO3/c11-8-2-1-6(9(12)3-13)10-7(8)4-14-5-15-10/h1-2,9,13H,3-5,12H2. The molecule has 0 saturated heterocycles. The first-order valence-electron chi connectivity index (χ1n) is 4.62. The van der Waals surface area contributed by atoms with Crippen molar-refractivity contribution >= 4 is 0 Å². The van der Waals surface area contributed by atoms with Gasteiger partial charge in [-0.1, -0.05) is 6.07 Å². The summed E-state index contributed by atoms with van der Waals surface area (Å²) in [4.78, 5) is 0. The quantitative estimate of drug-likeness (QED) is 0.758. The number of nitrogens with two attached hydrogens (primary N) is 1. The van der Waals surface area contributed by atoms with Gasteiger partial charge >= 0.3 is 0 Å². The van der Waals surface area contributed by atoms with Gasteiger partial charge in [0.2, 0.25) is 0 Å². The molecule has 15 heavy (non-hydrogen) atoms. The van der Waals surface area contributed by atoms with Crippen LogP contribution < -0.4 is 10.5 Å². The number of benzene rings is 1. The van der Waals surface area contributed by atoms with Gasteiger partial charge < -0.3 is 20.3 Å². The zero-order valence-electron chi connectivity index (χ0n) is 8.07. The molecule has 1 unspecified atom stereocenters. The fraction of sp³-hybridized carbons (Fsp3) is 0.400. The molecule has 1 aliphatic heterocycles. The maximum atomic E-state index is 13.4. The Labute approximate surface area is 86.4 Å². The number of ether oxygens (including phenoxy) is 2. The summed E-state index contributed by atoms with van der Waals surface area (Å²) in [5, 5.41) is 8.95. The van der Waals surface area contributed by atoms with Gasteiger partial charge in [-0.3, -0.25) is 0 Å². The molecule has 0 fully saturated rings. The van der Waals surface area contributed by atoms with E-state index in [2.05, 4.69) is 0 Å². The minimum absolute atomic E-state index is 0.0849. The van der Waals surface area contributed by atoms with Gasteiger partial charge in [0.25, 0.3) is 0 Å². The van der Waals surface area contributed by atoms with Crippen molar-refractivity contribution in [1.29, 1.82) is 0 Å². The van der Waals surface area contributed by atoms with E-state index < -0.39 is 6.04 Å². The topological polar surface area (TPSA) is 64.7 Å². The minimum Gasteiger partial charge on any atom is -0.467 e. The summed E-state index contributed by atoms with van der Waals surface area (Å²) in [5.74, 6) is 0.0291. The van der Waals surface area contributed by atoms with E-state index in [1.165, 1.54) is 12.1 Å². The number of fused-ring (bicyclic) bond motifs is 1. The highest BCUT2D eigenvalue weighted by Gasteiger charge is 2.21. The molecule has 1 aliphatic rings. The van der Waals surface area contributed by atoms with Crippen molar-refractivity contribution < 1.29 is 19.0 Å². The van der Waals surface area contributed by atoms with E-state index in [1.807, 2.05) is 0 Å².